The predicted molar refractivity (Wildman–Crippen MR) is 103 cm³/mol. The van der Waals surface area contributed by atoms with Crippen LogP contribution in [0.1, 0.15) is 32.0 Å². The minimum Gasteiger partial charge on any atom is -0.347 e. The third-order valence-corrected chi connectivity index (χ3v) is 4.17. The van der Waals surface area contributed by atoms with Gasteiger partial charge in [-0.15, -0.1) is 0 Å². The van der Waals surface area contributed by atoms with Crippen molar-refractivity contribution in [3.05, 3.63) is 48.3 Å². The molecule has 0 aliphatic rings. The van der Waals surface area contributed by atoms with Crippen LogP contribution in [0.25, 0.3) is 22.2 Å². The van der Waals surface area contributed by atoms with Crippen molar-refractivity contribution in [1.82, 2.24) is 15.0 Å². The highest BCUT2D eigenvalue weighted by Gasteiger charge is 2.13. The summed E-state index contributed by atoms with van der Waals surface area (Å²) in [6.45, 7) is 4.35. The van der Waals surface area contributed by atoms with E-state index in [2.05, 4.69) is 42.0 Å². The maximum Gasteiger partial charge on any atom is 0.225 e. The first-order valence-corrected chi connectivity index (χ1v) is 8.61. The minimum absolute atomic E-state index is 0.0554. The molecule has 25 heavy (non-hydrogen) atoms. The maximum atomic E-state index is 6.34. The number of aromatic nitrogens is 3. The standard InChI is InChI=1S/C20H25N5/c1-13(2)12-16(21)18-9-8-14-6-5-7-15(19(14)23-18)17-10-11-22-20(24-17)25(3)4/h5-11,13,16H,12,21H2,1-4H3. The second-order valence-electron chi connectivity index (χ2n) is 6.99. The fraction of sp³-hybridized carbons (Fsp3) is 0.350. The van der Waals surface area contributed by atoms with E-state index in [1.165, 1.54) is 0 Å². The van der Waals surface area contributed by atoms with Gasteiger partial charge in [0.25, 0.3) is 0 Å². The van der Waals surface area contributed by atoms with E-state index in [0.717, 1.165) is 34.3 Å². The Bertz CT molecular complexity index is 873. The van der Waals surface area contributed by atoms with Gasteiger partial charge in [0, 0.05) is 37.3 Å². The Morgan fingerprint density at radius 2 is 1.84 bits per heavy atom. The van der Waals surface area contributed by atoms with Gasteiger partial charge in [0.05, 0.1) is 16.9 Å². The number of pyridine rings is 1. The second-order valence-corrected chi connectivity index (χ2v) is 6.99. The lowest BCUT2D eigenvalue weighted by Gasteiger charge is -2.15. The molecule has 0 radical (unpaired) electrons. The molecule has 2 aromatic heterocycles. The van der Waals surface area contributed by atoms with Crippen LogP contribution in [0.5, 0.6) is 0 Å². The molecule has 0 spiro atoms. The highest BCUT2D eigenvalue weighted by atomic mass is 15.2. The molecule has 0 bridgehead atoms. The third kappa shape index (κ3) is 3.77. The van der Waals surface area contributed by atoms with Crippen LogP contribution < -0.4 is 10.6 Å². The molecule has 1 aromatic carbocycles. The Balaban J connectivity index is 2.10. The van der Waals surface area contributed by atoms with E-state index in [0.29, 0.717) is 11.9 Å². The molecular weight excluding hydrogens is 310 g/mol. The Labute approximate surface area is 148 Å². The fourth-order valence-corrected chi connectivity index (χ4v) is 2.92. The number of hydrogen-bond donors (Lipinski definition) is 1. The number of rotatable bonds is 5. The van der Waals surface area contributed by atoms with Crippen molar-refractivity contribution in [3.63, 3.8) is 0 Å². The molecule has 3 aromatic rings. The van der Waals surface area contributed by atoms with Gasteiger partial charge in [-0.25, -0.2) is 9.97 Å². The average Bonchev–Trinajstić information content (AvgIpc) is 2.60. The molecule has 3 rings (SSSR count). The number of nitrogens with zero attached hydrogens (tertiary/aromatic N) is 4. The van der Waals surface area contributed by atoms with Gasteiger partial charge < -0.3 is 10.6 Å². The third-order valence-electron chi connectivity index (χ3n) is 4.17. The van der Waals surface area contributed by atoms with E-state index in [9.17, 15) is 0 Å². The lowest BCUT2D eigenvalue weighted by molar-refractivity contribution is 0.503. The van der Waals surface area contributed by atoms with E-state index in [1.54, 1.807) is 6.20 Å². The van der Waals surface area contributed by atoms with Crippen molar-refractivity contribution in [3.8, 4) is 11.3 Å². The topological polar surface area (TPSA) is 67.9 Å². The first-order chi connectivity index (χ1) is 12.0. The van der Waals surface area contributed by atoms with E-state index in [1.807, 2.05) is 37.2 Å². The zero-order valence-corrected chi connectivity index (χ0v) is 15.3. The quantitative estimate of drug-likeness (QED) is 0.768. The molecule has 1 atom stereocenters. The van der Waals surface area contributed by atoms with Crippen LogP contribution in [0, 0.1) is 5.92 Å². The number of benzene rings is 1. The van der Waals surface area contributed by atoms with Crippen LogP contribution in [-0.2, 0) is 0 Å². The molecule has 130 valence electrons. The SMILES string of the molecule is CC(C)CC(N)c1ccc2cccc(-c3ccnc(N(C)C)n3)c2n1. The maximum absolute atomic E-state index is 6.34. The minimum atomic E-state index is -0.0554. The van der Waals surface area contributed by atoms with E-state index < -0.39 is 0 Å². The lowest BCUT2D eigenvalue weighted by Crippen LogP contribution is -2.14. The molecule has 0 aliphatic carbocycles. The van der Waals surface area contributed by atoms with Crippen molar-refractivity contribution in [2.75, 3.05) is 19.0 Å². The van der Waals surface area contributed by atoms with Gasteiger partial charge in [-0.05, 0) is 24.5 Å². The summed E-state index contributed by atoms with van der Waals surface area (Å²) in [4.78, 5) is 15.7. The summed E-state index contributed by atoms with van der Waals surface area (Å²) >= 11 is 0. The molecule has 0 aliphatic heterocycles. The largest absolute Gasteiger partial charge is 0.347 e. The zero-order chi connectivity index (χ0) is 18.0. The number of para-hydroxylation sites is 1. The van der Waals surface area contributed by atoms with Crippen molar-refractivity contribution < 1.29 is 0 Å². The Morgan fingerprint density at radius 1 is 1.04 bits per heavy atom. The highest BCUT2D eigenvalue weighted by molar-refractivity contribution is 5.92. The van der Waals surface area contributed by atoms with Crippen LogP contribution >= 0.6 is 0 Å². The van der Waals surface area contributed by atoms with Crippen LogP contribution in [0.3, 0.4) is 0 Å². The van der Waals surface area contributed by atoms with Gasteiger partial charge in [-0.2, -0.15) is 0 Å². The summed E-state index contributed by atoms with van der Waals surface area (Å²) in [5.41, 5.74) is 10.1. The van der Waals surface area contributed by atoms with Crippen LogP contribution in [0.2, 0.25) is 0 Å². The summed E-state index contributed by atoms with van der Waals surface area (Å²) in [6.07, 6.45) is 2.70. The smallest absolute Gasteiger partial charge is 0.225 e. The Kier molecular flexibility index (Phi) is 4.95. The molecule has 5 nitrogen and oxygen atoms in total. The number of hydrogen-bond acceptors (Lipinski definition) is 5. The molecule has 2 N–H and O–H groups in total. The van der Waals surface area contributed by atoms with Gasteiger partial charge in [-0.3, -0.25) is 4.98 Å². The van der Waals surface area contributed by atoms with Crippen LogP contribution in [0.4, 0.5) is 5.95 Å². The van der Waals surface area contributed by atoms with E-state index >= 15 is 0 Å². The van der Waals surface area contributed by atoms with Crippen molar-refractivity contribution >= 4 is 16.9 Å². The van der Waals surface area contributed by atoms with Crippen molar-refractivity contribution in [2.24, 2.45) is 11.7 Å². The lowest BCUT2D eigenvalue weighted by atomic mass is 10.00. The van der Waals surface area contributed by atoms with E-state index in [-0.39, 0.29) is 6.04 Å². The van der Waals surface area contributed by atoms with Gasteiger partial charge in [0.2, 0.25) is 5.95 Å². The summed E-state index contributed by atoms with van der Waals surface area (Å²) in [5.74, 6) is 1.22. The molecule has 1 unspecified atom stereocenters. The number of fused-ring (bicyclic) bond motifs is 1. The van der Waals surface area contributed by atoms with Crippen LogP contribution in [0.15, 0.2) is 42.6 Å². The monoisotopic (exact) mass is 335 g/mol. The van der Waals surface area contributed by atoms with Crippen molar-refractivity contribution in [2.45, 2.75) is 26.3 Å². The highest BCUT2D eigenvalue weighted by Crippen LogP contribution is 2.28. The van der Waals surface area contributed by atoms with Gasteiger partial charge >= 0.3 is 0 Å². The summed E-state index contributed by atoms with van der Waals surface area (Å²) in [7, 11) is 3.87. The summed E-state index contributed by atoms with van der Waals surface area (Å²) in [5, 5.41) is 1.09. The molecule has 2 heterocycles. The fourth-order valence-electron chi connectivity index (χ4n) is 2.92. The Morgan fingerprint density at radius 3 is 2.56 bits per heavy atom. The first kappa shape index (κ1) is 17.3. The summed E-state index contributed by atoms with van der Waals surface area (Å²) in [6, 6.07) is 12.1. The predicted octanol–water partition coefficient (Wildman–Crippen LogP) is 3.80. The van der Waals surface area contributed by atoms with Crippen molar-refractivity contribution in [1.29, 1.82) is 0 Å². The normalized spacial score (nSPS) is 12.6. The van der Waals surface area contributed by atoms with Gasteiger partial charge in [-0.1, -0.05) is 38.1 Å². The van der Waals surface area contributed by atoms with Gasteiger partial charge in [0.1, 0.15) is 0 Å². The molecule has 0 fully saturated rings. The summed E-state index contributed by atoms with van der Waals surface area (Å²) < 4.78 is 0. The molecule has 0 amide bonds. The number of anilines is 1. The zero-order valence-electron chi connectivity index (χ0n) is 15.3. The van der Waals surface area contributed by atoms with Crippen LogP contribution in [-0.4, -0.2) is 29.0 Å². The molecular formula is C20H25N5. The second kappa shape index (κ2) is 7.15. The molecule has 0 saturated carbocycles. The molecule has 5 heteroatoms. The number of nitrogens with two attached hydrogens (primary N) is 1. The average molecular weight is 335 g/mol. The van der Waals surface area contributed by atoms with E-state index in [4.69, 9.17) is 10.7 Å². The first-order valence-electron chi connectivity index (χ1n) is 8.61. The molecule has 0 saturated heterocycles. The van der Waals surface area contributed by atoms with Gasteiger partial charge in [0.15, 0.2) is 0 Å². The Hall–Kier alpha value is -2.53.